The molecule has 1 saturated heterocycles. The molecule has 1 fully saturated rings. The predicted molar refractivity (Wildman–Crippen MR) is 108 cm³/mol. The highest BCUT2D eigenvalue weighted by molar-refractivity contribution is 6.30. The van der Waals surface area contributed by atoms with Gasteiger partial charge in [0.2, 0.25) is 0 Å². The quantitative estimate of drug-likeness (QED) is 0.777. The van der Waals surface area contributed by atoms with Gasteiger partial charge < -0.3 is 9.80 Å². The van der Waals surface area contributed by atoms with E-state index >= 15 is 0 Å². The van der Waals surface area contributed by atoms with Gasteiger partial charge in [0.25, 0.3) is 11.8 Å². The van der Waals surface area contributed by atoms with Crippen LogP contribution in [0.3, 0.4) is 0 Å². The van der Waals surface area contributed by atoms with Gasteiger partial charge in [0.15, 0.2) is 0 Å². The highest BCUT2D eigenvalue weighted by atomic mass is 35.5. The smallest absolute Gasteiger partial charge is 0.254 e. The molecule has 0 unspecified atom stereocenters. The fourth-order valence-electron chi connectivity index (χ4n) is 3.21. The van der Waals surface area contributed by atoms with Gasteiger partial charge in [0.1, 0.15) is 0 Å². The first-order valence-corrected chi connectivity index (χ1v) is 9.58. The minimum absolute atomic E-state index is 0.0188. The number of hydrogen-bond acceptors (Lipinski definition) is 2. The van der Waals surface area contributed by atoms with Crippen LogP contribution in [0.1, 0.15) is 47.1 Å². The van der Waals surface area contributed by atoms with E-state index in [9.17, 15) is 9.59 Å². The minimum Gasteiger partial charge on any atom is -0.335 e. The summed E-state index contributed by atoms with van der Waals surface area (Å²) in [4.78, 5) is 28.9. The molecule has 0 spiro atoms. The Kier molecular flexibility index (Phi) is 5.56. The summed E-state index contributed by atoms with van der Waals surface area (Å²) in [5.41, 5.74) is 2.54. The SMILES string of the molecule is CC(C)(C)c1ccc(C(=O)N2CCN(C(=O)c3cccc(Cl)c3)CC2)cc1. The predicted octanol–water partition coefficient (Wildman–Crippen LogP) is 4.24. The van der Waals surface area contributed by atoms with E-state index in [0.29, 0.717) is 42.3 Å². The molecule has 2 amide bonds. The van der Waals surface area contributed by atoms with Crippen molar-refractivity contribution in [1.82, 2.24) is 9.80 Å². The second-order valence-electron chi connectivity index (χ2n) is 7.92. The number of halogens is 1. The van der Waals surface area contributed by atoms with Crippen LogP contribution in [0.2, 0.25) is 5.02 Å². The lowest BCUT2D eigenvalue weighted by Gasteiger charge is -2.35. The highest BCUT2D eigenvalue weighted by Crippen LogP contribution is 2.23. The Morgan fingerprint density at radius 3 is 1.81 bits per heavy atom. The Bertz CT molecular complexity index is 832. The molecular formula is C22H25ClN2O2. The third kappa shape index (κ3) is 4.51. The number of piperazine rings is 1. The first-order chi connectivity index (χ1) is 12.8. The van der Waals surface area contributed by atoms with Gasteiger partial charge in [-0.25, -0.2) is 0 Å². The summed E-state index contributed by atoms with van der Waals surface area (Å²) >= 11 is 5.98. The third-order valence-electron chi connectivity index (χ3n) is 4.92. The van der Waals surface area contributed by atoms with E-state index < -0.39 is 0 Å². The topological polar surface area (TPSA) is 40.6 Å². The van der Waals surface area contributed by atoms with Crippen LogP contribution in [0.5, 0.6) is 0 Å². The van der Waals surface area contributed by atoms with Crippen LogP contribution in [0.15, 0.2) is 48.5 Å². The largest absolute Gasteiger partial charge is 0.335 e. The summed E-state index contributed by atoms with van der Waals surface area (Å²) in [6.45, 7) is 8.58. The maximum Gasteiger partial charge on any atom is 0.254 e. The fourth-order valence-corrected chi connectivity index (χ4v) is 3.40. The molecule has 2 aromatic carbocycles. The summed E-state index contributed by atoms with van der Waals surface area (Å²) in [6, 6.07) is 14.8. The molecule has 0 aliphatic carbocycles. The first kappa shape index (κ1) is 19.4. The Morgan fingerprint density at radius 1 is 0.815 bits per heavy atom. The van der Waals surface area contributed by atoms with Gasteiger partial charge in [-0.15, -0.1) is 0 Å². The fraction of sp³-hybridized carbons (Fsp3) is 0.364. The maximum absolute atomic E-state index is 12.8. The molecule has 142 valence electrons. The Labute approximate surface area is 165 Å². The Morgan fingerprint density at radius 2 is 1.33 bits per heavy atom. The number of hydrogen-bond donors (Lipinski definition) is 0. The molecule has 1 aliphatic heterocycles. The summed E-state index contributed by atoms with van der Waals surface area (Å²) in [5, 5.41) is 0.549. The molecule has 2 aromatic rings. The van der Waals surface area contributed by atoms with E-state index in [0.717, 1.165) is 0 Å². The van der Waals surface area contributed by atoms with Crippen molar-refractivity contribution in [3.63, 3.8) is 0 Å². The molecule has 0 bridgehead atoms. The van der Waals surface area contributed by atoms with Crippen molar-refractivity contribution in [1.29, 1.82) is 0 Å². The van der Waals surface area contributed by atoms with Crippen molar-refractivity contribution in [3.8, 4) is 0 Å². The molecular weight excluding hydrogens is 360 g/mol. The molecule has 0 radical (unpaired) electrons. The average Bonchev–Trinajstić information content (AvgIpc) is 2.66. The van der Waals surface area contributed by atoms with E-state index in [1.165, 1.54) is 5.56 Å². The van der Waals surface area contributed by atoms with Crippen LogP contribution < -0.4 is 0 Å². The van der Waals surface area contributed by atoms with Crippen LogP contribution in [0.25, 0.3) is 0 Å². The molecule has 1 heterocycles. The minimum atomic E-state index is -0.0425. The summed E-state index contributed by atoms with van der Waals surface area (Å²) < 4.78 is 0. The van der Waals surface area contributed by atoms with Gasteiger partial charge in [-0.2, -0.15) is 0 Å². The Hall–Kier alpha value is -2.33. The van der Waals surface area contributed by atoms with Crippen LogP contribution in [-0.2, 0) is 5.41 Å². The molecule has 0 atom stereocenters. The van der Waals surface area contributed by atoms with Gasteiger partial charge in [0.05, 0.1) is 0 Å². The second kappa shape index (κ2) is 7.73. The van der Waals surface area contributed by atoms with Crippen molar-refractivity contribution >= 4 is 23.4 Å². The number of carbonyl (C=O) groups excluding carboxylic acids is 2. The van der Waals surface area contributed by atoms with E-state index in [4.69, 9.17) is 11.6 Å². The summed E-state index contributed by atoms with van der Waals surface area (Å²) in [6.07, 6.45) is 0. The summed E-state index contributed by atoms with van der Waals surface area (Å²) in [7, 11) is 0. The van der Waals surface area contributed by atoms with E-state index in [1.807, 2.05) is 29.2 Å². The molecule has 0 N–H and O–H groups in total. The molecule has 1 aliphatic rings. The van der Waals surface area contributed by atoms with Gasteiger partial charge >= 0.3 is 0 Å². The van der Waals surface area contributed by atoms with Crippen molar-refractivity contribution in [2.75, 3.05) is 26.2 Å². The number of benzene rings is 2. The first-order valence-electron chi connectivity index (χ1n) is 9.20. The third-order valence-corrected chi connectivity index (χ3v) is 5.16. The highest BCUT2D eigenvalue weighted by Gasteiger charge is 2.26. The normalized spacial score (nSPS) is 15.0. The number of amides is 2. The monoisotopic (exact) mass is 384 g/mol. The molecule has 3 rings (SSSR count). The number of nitrogens with zero attached hydrogens (tertiary/aromatic N) is 2. The molecule has 4 nitrogen and oxygen atoms in total. The van der Waals surface area contributed by atoms with E-state index in [1.54, 1.807) is 29.2 Å². The van der Waals surface area contributed by atoms with Gasteiger partial charge in [-0.05, 0) is 41.3 Å². The molecule has 0 saturated carbocycles. The van der Waals surface area contributed by atoms with Crippen LogP contribution >= 0.6 is 11.6 Å². The lowest BCUT2D eigenvalue weighted by atomic mass is 9.86. The van der Waals surface area contributed by atoms with Gasteiger partial charge in [-0.1, -0.05) is 50.6 Å². The zero-order valence-corrected chi connectivity index (χ0v) is 16.8. The Balaban J connectivity index is 1.61. The zero-order valence-electron chi connectivity index (χ0n) is 16.0. The standard InChI is InChI=1S/C22H25ClN2O2/c1-22(2,3)18-9-7-16(8-10-18)20(26)24-11-13-25(14-12-24)21(27)17-5-4-6-19(23)15-17/h4-10,15H,11-14H2,1-3H3. The second-order valence-corrected chi connectivity index (χ2v) is 8.36. The van der Waals surface area contributed by atoms with Crippen molar-refractivity contribution in [2.45, 2.75) is 26.2 Å². The molecule has 5 heteroatoms. The molecule has 27 heavy (non-hydrogen) atoms. The van der Waals surface area contributed by atoms with Gasteiger partial charge in [0, 0.05) is 42.3 Å². The van der Waals surface area contributed by atoms with Crippen molar-refractivity contribution in [2.24, 2.45) is 0 Å². The molecule has 0 aromatic heterocycles. The summed E-state index contributed by atoms with van der Waals surface area (Å²) in [5.74, 6) is -0.0237. The van der Waals surface area contributed by atoms with Gasteiger partial charge in [-0.3, -0.25) is 9.59 Å². The maximum atomic E-state index is 12.8. The number of rotatable bonds is 2. The van der Waals surface area contributed by atoms with Crippen LogP contribution in [-0.4, -0.2) is 47.8 Å². The van der Waals surface area contributed by atoms with E-state index in [2.05, 4.69) is 20.8 Å². The lowest BCUT2D eigenvalue weighted by Crippen LogP contribution is -2.50. The average molecular weight is 385 g/mol. The van der Waals surface area contributed by atoms with Crippen LogP contribution in [0, 0.1) is 0 Å². The zero-order chi connectivity index (χ0) is 19.6. The van der Waals surface area contributed by atoms with E-state index in [-0.39, 0.29) is 17.2 Å². The van der Waals surface area contributed by atoms with Crippen molar-refractivity contribution in [3.05, 3.63) is 70.2 Å². The number of carbonyl (C=O) groups is 2. The van der Waals surface area contributed by atoms with Crippen LogP contribution in [0.4, 0.5) is 0 Å². The van der Waals surface area contributed by atoms with Crippen molar-refractivity contribution < 1.29 is 9.59 Å². The lowest BCUT2D eigenvalue weighted by molar-refractivity contribution is 0.0535.